The summed E-state index contributed by atoms with van der Waals surface area (Å²) in [4.78, 5) is 24.5. The van der Waals surface area contributed by atoms with E-state index in [1.54, 1.807) is 45.0 Å². The maximum Gasteiger partial charge on any atom is 0.514 e. The Labute approximate surface area is 177 Å². The number of hydrogen-bond acceptors (Lipinski definition) is 5. The minimum Gasteiger partial charge on any atom is -0.428 e. The summed E-state index contributed by atoms with van der Waals surface area (Å²) >= 11 is 0. The zero-order valence-corrected chi connectivity index (χ0v) is 20.1. The van der Waals surface area contributed by atoms with E-state index in [1.807, 2.05) is 34.6 Å². The zero-order valence-electron chi connectivity index (χ0n) is 20.1. The summed E-state index contributed by atoms with van der Waals surface area (Å²) in [5.74, 6) is 0.620. The third-order valence-corrected chi connectivity index (χ3v) is 4.26. The molecule has 166 valence electrons. The third-order valence-electron chi connectivity index (χ3n) is 4.26. The first-order valence-corrected chi connectivity index (χ1v) is 10.4. The van der Waals surface area contributed by atoms with Crippen molar-refractivity contribution in [1.82, 2.24) is 0 Å². The highest BCUT2D eigenvalue weighted by molar-refractivity contribution is 5.79. The number of esters is 1. The minimum atomic E-state index is -0.773. The predicted octanol–water partition coefficient (Wildman–Crippen LogP) is 7.03. The van der Waals surface area contributed by atoms with Gasteiger partial charge in [-0.2, -0.15) is 0 Å². The van der Waals surface area contributed by atoms with Crippen molar-refractivity contribution in [2.24, 2.45) is 16.7 Å². The van der Waals surface area contributed by atoms with Crippen molar-refractivity contribution in [2.45, 2.75) is 88.2 Å². The Morgan fingerprint density at radius 3 is 1.59 bits per heavy atom. The Hall–Kier alpha value is -2.04. The number of hydrogen-bond donors (Lipinski definition) is 0. The molecular weight excluding hydrogens is 368 g/mol. The maximum absolute atomic E-state index is 12.8. The zero-order chi connectivity index (χ0) is 23.0. The Morgan fingerprint density at radius 1 is 0.828 bits per heavy atom. The lowest BCUT2D eigenvalue weighted by Crippen LogP contribution is -2.40. The molecular formula is C24H40O5. The average molecular weight is 409 g/mol. The van der Waals surface area contributed by atoms with Gasteiger partial charge in [-0.15, -0.1) is 0 Å². The molecule has 5 nitrogen and oxygen atoms in total. The average Bonchev–Trinajstić information content (AvgIpc) is 2.55. The van der Waals surface area contributed by atoms with Crippen LogP contribution < -0.4 is 9.47 Å². The second kappa shape index (κ2) is 10.7. The van der Waals surface area contributed by atoms with Gasteiger partial charge in [-0.25, -0.2) is 4.79 Å². The summed E-state index contributed by atoms with van der Waals surface area (Å²) in [5.41, 5.74) is -1.21. The van der Waals surface area contributed by atoms with Crippen molar-refractivity contribution in [2.75, 3.05) is 0 Å². The number of carbonyl (C=O) groups excluding carboxylic acids is 2. The van der Waals surface area contributed by atoms with Gasteiger partial charge in [0.2, 0.25) is 0 Å². The molecule has 0 spiro atoms. The van der Waals surface area contributed by atoms with E-state index in [0.717, 1.165) is 6.42 Å². The molecule has 1 unspecified atom stereocenters. The molecule has 0 saturated heterocycles. The molecule has 29 heavy (non-hydrogen) atoms. The maximum atomic E-state index is 12.8. The van der Waals surface area contributed by atoms with Crippen LogP contribution in [0, 0.1) is 16.7 Å². The molecule has 0 fully saturated rings. The van der Waals surface area contributed by atoms with Gasteiger partial charge in [0.1, 0.15) is 17.1 Å². The largest absolute Gasteiger partial charge is 0.514 e. The van der Waals surface area contributed by atoms with Gasteiger partial charge in [0, 0.05) is 0 Å². The SMILES string of the molecule is CC.CC(C)C(C)(CC(C)(C)C)C(=O)Oc1ccc(OC(=O)OC(C)(C)C)cc1. The van der Waals surface area contributed by atoms with E-state index in [0.29, 0.717) is 11.5 Å². The van der Waals surface area contributed by atoms with E-state index in [-0.39, 0.29) is 17.3 Å². The number of rotatable bonds is 5. The Kier molecular flexibility index (Phi) is 9.91. The smallest absolute Gasteiger partial charge is 0.428 e. The Bertz CT molecular complexity index is 647. The van der Waals surface area contributed by atoms with E-state index in [1.165, 1.54) is 0 Å². The van der Waals surface area contributed by atoms with Crippen LogP contribution in [0.25, 0.3) is 0 Å². The van der Waals surface area contributed by atoms with Crippen LogP contribution >= 0.6 is 0 Å². The summed E-state index contributed by atoms with van der Waals surface area (Å²) in [7, 11) is 0. The van der Waals surface area contributed by atoms with Gasteiger partial charge in [0.05, 0.1) is 5.41 Å². The van der Waals surface area contributed by atoms with Gasteiger partial charge in [0.25, 0.3) is 0 Å². The highest BCUT2D eigenvalue weighted by Crippen LogP contribution is 2.40. The van der Waals surface area contributed by atoms with Gasteiger partial charge in [0.15, 0.2) is 0 Å². The number of carbonyl (C=O) groups is 2. The molecule has 0 saturated carbocycles. The van der Waals surface area contributed by atoms with Crippen LogP contribution in [0.5, 0.6) is 11.5 Å². The molecule has 5 heteroatoms. The summed E-state index contributed by atoms with van der Waals surface area (Å²) < 4.78 is 15.8. The van der Waals surface area contributed by atoms with Crippen LogP contribution in [0.3, 0.4) is 0 Å². The van der Waals surface area contributed by atoms with Crippen LogP contribution in [0.15, 0.2) is 24.3 Å². The lowest BCUT2D eigenvalue weighted by Gasteiger charge is -2.36. The molecule has 1 aromatic carbocycles. The van der Waals surface area contributed by atoms with E-state index >= 15 is 0 Å². The summed E-state index contributed by atoms with van der Waals surface area (Å²) in [6.45, 7) is 21.7. The van der Waals surface area contributed by atoms with Crippen molar-refractivity contribution in [3.05, 3.63) is 24.3 Å². The molecule has 0 bridgehead atoms. The summed E-state index contributed by atoms with van der Waals surface area (Å²) in [6, 6.07) is 6.36. The normalized spacial score (nSPS) is 13.7. The van der Waals surface area contributed by atoms with Crippen LogP contribution in [0.2, 0.25) is 0 Å². The van der Waals surface area contributed by atoms with Crippen molar-refractivity contribution < 1.29 is 23.8 Å². The molecule has 1 atom stereocenters. The van der Waals surface area contributed by atoms with Gasteiger partial charge < -0.3 is 14.2 Å². The van der Waals surface area contributed by atoms with Gasteiger partial charge in [-0.1, -0.05) is 48.5 Å². The molecule has 0 amide bonds. The van der Waals surface area contributed by atoms with Crippen LogP contribution in [-0.4, -0.2) is 17.7 Å². The van der Waals surface area contributed by atoms with E-state index in [2.05, 4.69) is 20.8 Å². The fourth-order valence-corrected chi connectivity index (χ4v) is 2.78. The summed E-state index contributed by atoms with van der Waals surface area (Å²) in [5, 5.41) is 0. The van der Waals surface area contributed by atoms with Crippen molar-refractivity contribution in [1.29, 1.82) is 0 Å². The van der Waals surface area contributed by atoms with Crippen molar-refractivity contribution >= 4 is 12.1 Å². The van der Waals surface area contributed by atoms with Crippen molar-refractivity contribution in [3.8, 4) is 11.5 Å². The molecule has 0 radical (unpaired) electrons. The number of benzene rings is 1. The fourth-order valence-electron chi connectivity index (χ4n) is 2.78. The molecule has 1 rings (SSSR count). The van der Waals surface area contributed by atoms with Gasteiger partial charge in [-0.05, 0) is 69.7 Å². The minimum absolute atomic E-state index is 0.00313. The first-order valence-electron chi connectivity index (χ1n) is 10.4. The molecule has 1 aromatic rings. The Morgan fingerprint density at radius 2 is 1.24 bits per heavy atom. The third kappa shape index (κ3) is 9.82. The van der Waals surface area contributed by atoms with E-state index in [4.69, 9.17) is 14.2 Å². The van der Waals surface area contributed by atoms with Crippen LogP contribution in [0.4, 0.5) is 4.79 Å². The lowest BCUT2D eigenvalue weighted by molar-refractivity contribution is -0.149. The quantitative estimate of drug-likeness (QED) is 0.297. The van der Waals surface area contributed by atoms with E-state index < -0.39 is 17.2 Å². The molecule has 0 aliphatic carbocycles. The Balaban J connectivity index is 0.00000379. The summed E-state index contributed by atoms with van der Waals surface area (Å²) in [6.07, 6.45) is -0.0547. The molecule has 0 aliphatic heterocycles. The van der Waals surface area contributed by atoms with Gasteiger partial charge >= 0.3 is 12.1 Å². The standard InChI is InChI=1S/C22H34O5.C2H6/c1-15(2)22(9,14-20(3,4)5)18(23)25-16-10-12-17(13-11-16)26-19(24)27-21(6,7)8;1-2/h10-13,15H,14H2,1-9H3;1-2H3. The molecule has 0 heterocycles. The monoisotopic (exact) mass is 408 g/mol. The highest BCUT2D eigenvalue weighted by Gasteiger charge is 2.41. The van der Waals surface area contributed by atoms with Gasteiger partial charge in [-0.3, -0.25) is 4.79 Å². The van der Waals surface area contributed by atoms with Crippen molar-refractivity contribution in [3.63, 3.8) is 0 Å². The highest BCUT2D eigenvalue weighted by atomic mass is 16.7. The molecule has 0 aromatic heterocycles. The first-order chi connectivity index (χ1) is 13.1. The number of ether oxygens (including phenoxy) is 3. The topological polar surface area (TPSA) is 61.8 Å². The lowest BCUT2D eigenvalue weighted by atomic mass is 9.69. The second-order valence-electron chi connectivity index (χ2n) is 9.74. The van der Waals surface area contributed by atoms with E-state index in [9.17, 15) is 9.59 Å². The fraction of sp³-hybridized carbons (Fsp3) is 0.667. The van der Waals surface area contributed by atoms with Crippen LogP contribution in [-0.2, 0) is 9.53 Å². The molecule has 0 N–H and O–H groups in total. The first kappa shape index (κ1) is 27.0. The molecule has 0 aliphatic rings. The van der Waals surface area contributed by atoms with Crippen LogP contribution in [0.1, 0.15) is 82.6 Å². The predicted molar refractivity (Wildman–Crippen MR) is 117 cm³/mol. The second-order valence-corrected chi connectivity index (χ2v) is 9.74.